The first-order chi connectivity index (χ1) is 6.69. The first-order valence-corrected chi connectivity index (χ1v) is 4.48. The summed E-state index contributed by atoms with van der Waals surface area (Å²) in [6.07, 6.45) is 0. The number of aliphatic hydroxyl groups excluding tert-OH is 1. The highest BCUT2D eigenvalue weighted by molar-refractivity contribution is 5.97. The van der Waals surface area contributed by atoms with Crippen molar-refractivity contribution in [3.8, 4) is 5.75 Å². The van der Waals surface area contributed by atoms with Crippen molar-refractivity contribution in [1.82, 2.24) is 0 Å². The van der Waals surface area contributed by atoms with Gasteiger partial charge < -0.3 is 9.84 Å². The van der Waals surface area contributed by atoms with Crippen LogP contribution in [0.15, 0.2) is 24.3 Å². The number of aliphatic hydroxyl groups is 1. The molecule has 0 radical (unpaired) electrons. The van der Waals surface area contributed by atoms with Crippen molar-refractivity contribution in [3.63, 3.8) is 0 Å². The number of ether oxygens (including phenoxy) is 1. The number of hydrogen-bond acceptors (Lipinski definition) is 3. The van der Waals surface area contributed by atoms with Gasteiger partial charge in [-0.25, -0.2) is 0 Å². The Kier molecular flexibility index (Phi) is 3.65. The molecule has 0 unspecified atom stereocenters. The second-order valence-corrected chi connectivity index (χ2v) is 3.18. The van der Waals surface area contributed by atoms with Gasteiger partial charge in [-0.2, -0.15) is 0 Å². The zero-order chi connectivity index (χ0) is 10.6. The summed E-state index contributed by atoms with van der Waals surface area (Å²) in [7, 11) is 1.58. The molecule has 0 aromatic heterocycles. The predicted molar refractivity (Wildman–Crippen MR) is 53.6 cm³/mol. The van der Waals surface area contributed by atoms with Crippen molar-refractivity contribution in [2.45, 2.75) is 6.92 Å². The molecule has 3 heteroatoms. The summed E-state index contributed by atoms with van der Waals surface area (Å²) in [5.41, 5.74) is 0.604. The SMILES string of the molecule is COc1ccc(C(=O)[C@H](C)CO)cc1. The van der Waals surface area contributed by atoms with Crippen molar-refractivity contribution in [2.75, 3.05) is 13.7 Å². The van der Waals surface area contributed by atoms with E-state index in [1.165, 1.54) is 0 Å². The van der Waals surface area contributed by atoms with E-state index in [0.29, 0.717) is 5.56 Å². The van der Waals surface area contributed by atoms with Crippen LogP contribution in [-0.4, -0.2) is 24.6 Å². The minimum atomic E-state index is -0.344. The Balaban J connectivity index is 2.81. The van der Waals surface area contributed by atoms with E-state index in [1.54, 1.807) is 38.3 Å². The Morgan fingerprint density at radius 2 is 2.00 bits per heavy atom. The van der Waals surface area contributed by atoms with Gasteiger partial charge in [-0.05, 0) is 24.3 Å². The summed E-state index contributed by atoms with van der Waals surface area (Å²) in [6.45, 7) is 1.58. The van der Waals surface area contributed by atoms with Crippen LogP contribution in [0.4, 0.5) is 0 Å². The molecule has 0 aliphatic rings. The molecule has 14 heavy (non-hydrogen) atoms. The Labute approximate surface area is 83.3 Å². The molecule has 0 bridgehead atoms. The van der Waals surface area contributed by atoms with Crippen LogP contribution in [0.5, 0.6) is 5.75 Å². The summed E-state index contributed by atoms with van der Waals surface area (Å²) >= 11 is 0. The van der Waals surface area contributed by atoms with E-state index in [2.05, 4.69) is 0 Å². The van der Waals surface area contributed by atoms with Crippen LogP contribution in [0.3, 0.4) is 0 Å². The molecule has 0 saturated heterocycles. The molecule has 0 fully saturated rings. The number of rotatable bonds is 4. The highest BCUT2D eigenvalue weighted by Gasteiger charge is 2.13. The topological polar surface area (TPSA) is 46.5 Å². The van der Waals surface area contributed by atoms with Crippen molar-refractivity contribution in [1.29, 1.82) is 0 Å². The number of carbonyl (C=O) groups excluding carboxylic acids is 1. The third-order valence-electron chi connectivity index (χ3n) is 2.10. The smallest absolute Gasteiger partial charge is 0.167 e. The van der Waals surface area contributed by atoms with E-state index < -0.39 is 0 Å². The quantitative estimate of drug-likeness (QED) is 0.739. The van der Waals surface area contributed by atoms with Gasteiger partial charge in [0.1, 0.15) is 5.75 Å². The summed E-state index contributed by atoms with van der Waals surface area (Å²) < 4.78 is 4.98. The van der Waals surface area contributed by atoms with Crippen LogP contribution in [-0.2, 0) is 0 Å². The number of ketones is 1. The Bertz CT molecular complexity index is 303. The summed E-state index contributed by atoms with van der Waals surface area (Å²) in [5.74, 6) is 0.330. The van der Waals surface area contributed by atoms with Crippen LogP contribution in [0, 0.1) is 5.92 Å². The number of Topliss-reactive ketones (excluding diaryl/α,β-unsaturated/α-hetero) is 1. The van der Waals surface area contributed by atoms with Gasteiger partial charge in [-0.3, -0.25) is 4.79 Å². The Hall–Kier alpha value is -1.35. The fraction of sp³-hybridized carbons (Fsp3) is 0.364. The molecule has 0 saturated carbocycles. The highest BCUT2D eigenvalue weighted by Crippen LogP contribution is 2.14. The minimum Gasteiger partial charge on any atom is -0.497 e. The molecule has 76 valence electrons. The molecular weight excluding hydrogens is 180 g/mol. The number of carbonyl (C=O) groups is 1. The van der Waals surface area contributed by atoms with Gasteiger partial charge in [0, 0.05) is 11.5 Å². The molecule has 1 rings (SSSR count). The zero-order valence-electron chi connectivity index (χ0n) is 8.36. The fourth-order valence-electron chi connectivity index (χ4n) is 1.12. The Morgan fingerprint density at radius 1 is 1.43 bits per heavy atom. The van der Waals surface area contributed by atoms with Crippen LogP contribution in [0.2, 0.25) is 0 Å². The predicted octanol–water partition coefficient (Wildman–Crippen LogP) is 1.51. The highest BCUT2D eigenvalue weighted by atomic mass is 16.5. The van der Waals surface area contributed by atoms with Crippen molar-refractivity contribution in [3.05, 3.63) is 29.8 Å². The molecule has 1 aromatic rings. The first-order valence-electron chi connectivity index (χ1n) is 4.48. The Morgan fingerprint density at radius 3 is 2.43 bits per heavy atom. The molecule has 0 amide bonds. The van der Waals surface area contributed by atoms with Crippen LogP contribution in [0.1, 0.15) is 17.3 Å². The monoisotopic (exact) mass is 194 g/mol. The van der Waals surface area contributed by atoms with E-state index in [4.69, 9.17) is 9.84 Å². The van der Waals surface area contributed by atoms with Gasteiger partial charge in [0.25, 0.3) is 0 Å². The fourth-order valence-corrected chi connectivity index (χ4v) is 1.12. The second kappa shape index (κ2) is 4.77. The second-order valence-electron chi connectivity index (χ2n) is 3.18. The molecule has 0 aliphatic heterocycles. The van der Waals surface area contributed by atoms with Crippen LogP contribution in [0.25, 0.3) is 0 Å². The maximum Gasteiger partial charge on any atom is 0.167 e. The van der Waals surface area contributed by atoms with Crippen molar-refractivity contribution < 1.29 is 14.6 Å². The lowest BCUT2D eigenvalue weighted by atomic mass is 10.0. The van der Waals surface area contributed by atoms with Crippen molar-refractivity contribution in [2.24, 2.45) is 5.92 Å². The van der Waals surface area contributed by atoms with E-state index in [9.17, 15) is 4.79 Å². The van der Waals surface area contributed by atoms with Crippen LogP contribution >= 0.6 is 0 Å². The number of methoxy groups -OCH3 is 1. The summed E-state index contributed by atoms with van der Waals surface area (Å²) in [4.78, 5) is 11.6. The lowest BCUT2D eigenvalue weighted by molar-refractivity contribution is 0.0877. The standard InChI is InChI=1S/C11H14O3/c1-8(7-12)11(13)9-3-5-10(14-2)6-4-9/h3-6,8,12H,7H2,1-2H3/t8-/m1/s1. The molecule has 0 heterocycles. The molecule has 0 spiro atoms. The van der Waals surface area contributed by atoms with E-state index >= 15 is 0 Å². The molecule has 3 nitrogen and oxygen atoms in total. The molecule has 0 aliphatic carbocycles. The average Bonchev–Trinajstić information content (AvgIpc) is 2.27. The third-order valence-corrected chi connectivity index (χ3v) is 2.10. The average molecular weight is 194 g/mol. The van der Waals surface area contributed by atoms with Crippen molar-refractivity contribution >= 4 is 5.78 Å². The lowest BCUT2D eigenvalue weighted by Crippen LogP contribution is -2.14. The maximum absolute atomic E-state index is 11.6. The normalized spacial score (nSPS) is 12.2. The largest absolute Gasteiger partial charge is 0.497 e. The number of hydrogen-bond donors (Lipinski definition) is 1. The van der Waals surface area contributed by atoms with Gasteiger partial charge in [0.2, 0.25) is 0 Å². The van der Waals surface area contributed by atoms with Gasteiger partial charge in [-0.1, -0.05) is 6.92 Å². The summed E-state index contributed by atoms with van der Waals surface area (Å²) in [6, 6.07) is 6.87. The van der Waals surface area contributed by atoms with E-state index in [0.717, 1.165) is 5.75 Å². The molecular formula is C11H14O3. The molecule has 1 aromatic carbocycles. The van der Waals surface area contributed by atoms with Crippen LogP contribution < -0.4 is 4.74 Å². The first kappa shape index (κ1) is 10.7. The summed E-state index contributed by atoms with van der Waals surface area (Å²) in [5, 5.41) is 8.82. The zero-order valence-corrected chi connectivity index (χ0v) is 8.36. The van der Waals surface area contributed by atoms with Gasteiger partial charge in [0.15, 0.2) is 5.78 Å². The van der Waals surface area contributed by atoms with Gasteiger partial charge >= 0.3 is 0 Å². The van der Waals surface area contributed by atoms with E-state index in [-0.39, 0.29) is 18.3 Å². The lowest BCUT2D eigenvalue weighted by Gasteiger charge is -2.07. The van der Waals surface area contributed by atoms with Gasteiger partial charge in [-0.15, -0.1) is 0 Å². The minimum absolute atomic E-state index is 0.0462. The van der Waals surface area contributed by atoms with E-state index in [1.807, 2.05) is 0 Å². The van der Waals surface area contributed by atoms with Gasteiger partial charge in [0.05, 0.1) is 13.7 Å². The maximum atomic E-state index is 11.6. The molecule has 1 N–H and O–H groups in total. The molecule has 1 atom stereocenters. The number of benzene rings is 1. The third kappa shape index (κ3) is 2.33.